The number of nitrogens with zero attached hydrogens (tertiary/aromatic N) is 2. The van der Waals surface area contributed by atoms with Gasteiger partial charge in [-0.3, -0.25) is 9.69 Å². The van der Waals surface area contributed by atoms with Crippen molar-refractivity contribution in [3.05, 3.63) is 35.9 Å². The highest BCUT2D eigenvalue weighted by atomic mass is 32.2. The molecule has 1 N–H and O–H groups in total. The Labute approximate surface area is 137 Å². The van der Waals surface area contributed by atoms with E-state index in [1.165, 1.54) is 4.31 Å². The molecule has 1 amide bonds. The Morgan fingerprint density at radius 2 is 1.74 bits per heavy atom. The van der Waals surface area contributed by atoms with E-state index in [2.05, 4.69) is 5.32 Å². The molecular formula is C16H23N3O3S. The van der Waals surface area contributed by atoms with Crippen molar-refractivity contribution in [2.24, 2.45) is 0 Å². The SMILES string of the molecule is O=C(CN1CCN(S(=O)(=O)Cc2ccccc2)CC1)NC1CC1. The van der Waals surface area contributed by atoms with E-state index in [9.17, 15) is 13.2 Å². The fraction of sp³-hybridized carbons (Fsp3) is 0.562. The normalized spacial score (nSPS) is 20.3. The average Bonchev–Trinajstić information content (AvgIpc) is 3.32. The number of amides is 1. The third kappa shape index (κ3) is 4.76. The van der Waals surface area contributed by atoms with Crippen LogP contribution in [0.5, 0.6) is 0 Å². The summed E-state index contributed by atoms with van der Waals surface area (Å²) in [5, 5.41) is 2.96. The van der Waals surface area contributed by atoms with Crippen molar-refractivity contribution in [3.8, 4) is 0 Å². The highest BCUT2D eigenvalue weighted by Crippen LogP contribution is 2.18. The van der Waals surface area contributed by atoms with Crippen LogP contribution in [0.2, 0.25) is 0 Å². The predicted molar refractivity (Wildman–Crippen MR) is 88.2 cm³/mol. The highest BCUT2D eigenvalue weighted by molar-refractivity contribution is 7.88. The van der Waals surface area contributed by atoms with Crippen molar-refractivity contribution < 1.29 is 13.2 Å². The van der Waals surface area contributed by atoms with Crippen molar-refractivity contribution in [2.75, 3.05) is 32.7 Å². The summed E-state index contributed by atoms with van der Waals surface area (Å²) < 4.78 is 26.5. The summed E-state index contributed by atoms with van der Waals surface area (Å²) in [5.41, 5.74) is 0.804. The first-order valence-electron chi connectivity index (χ1n) is 8.06. The van der Waals surface area contributed by atoms with Gasteiger partial charge in [0.2, 0.25) is 15.9 Å². The topological polar surface area (TPSA) is 69.7 Å². The van der Waals surface area contributed by atoms with Gasteiger partial charge in [-0.1, -0.05) is 30.3 Å². The van der Waals surface area contributed by atoms with Crippen molar-refractivity contribution in [1.82, 2.24) is 14.5 Å². The zero-order chi connectivity index (χ0) is 16.3. The van der Waals surface area contributed by atoms with E-state index in [-0.39, 0.29) is 11.7 Å². The molecule has 1 saturated carbocycles. The van der Waals surface area contributed by atoms with E-state index in [0.29, 0.717) is 38.8 Å². The van der Waals surface area contributed by atoms with Gasteiger partial charge in [-0.2, -0.15) is 4.31 Å². The van der Waals surface area contributed by atoms with Crippen LogP contribution >= 0.6 is 0 Å². The molecule has 126 valence electrons. The van der Waals surface area contributed by atoms with E-state index in [0.717, 1.165) is 18.4 Å². The van der Waals surface area contributed by atoms with Crippen LogP contribution in [-0.4, -0.2) is 62.3 Å². The van der Waals surface area contributed by atoms with E-state index in [1.54, 1.807) is 0 Å². The molecule has 0 radical (unpaired) electrons. The molecule has 1 aromatic rings. The van der Waals surface area contributed by atoms with E-state index >= 15 is 0 Å². The number of carbonyl (C=O) groups is 1. The molecule has 1 saturated heterocycles. The molecule has 23 heavy (non-hydrogen) atoms. The first-order chi connectivity index (χ1) is 11.0. The molecule has 1 aliphatic carbocycles. The Morgan fingerprint density at radius 1 is 1.09 bits per heavy atom. The van der Waals surface area contributed by atoms with Gasteiger partial charge >= 0.3 is 0 Å². The second-order valence-electron chi connectivity index (χ2n) is 6.26. The fourth-order valence-corrected chi connectivity index (χ4v) is 4.26. The Kier molecular flexibility index (Phi) is 4.99. The monoisotopic (exact) mass is 337 g/mol. The molecule has 6 nitrogen and oxygen atoms in total. The number of benzene rings is 1. The minimum absolute atomic E-state index is 0.0377. The molecule has 1 heterocycles. The lowest BCUT2D eigenvalue weighted by atomic mass is 10.2. The number of sulfonamides is 1. The Balaban J connectivity index is 1.48. The van der Waals surface area contributed by atoms with Crippen LogP contribution in [0.15, 0.2) is 30.3 Å². The summed E-state index contributed by atoms with van der Waals surface area (Å²) in [6, 6.07) is 9.60. The van der Waals surface area contributed by atoms with Crippen molar-refractivity contribution in [2.45, 2.75) is 24.6 Å². The standard InChI is InChI=1S/C16H23N3O3S/c20-16(17-15-6-7-15)12-18-8-10-19(11-9-18)23(21,22)13-14-4-2-1-3-5-14/h1-5,15H,6-13H2,(H,17,20). The van der Waals surface area contributed by atoms with E-state index in [4.69, 9.17) is 0 Å². The molecule has 0 aromatic heterocycles. The van der Waals surface area contributed by atoms with Crippen molar-refractivity contribution >= 4 is 15.9 Å². The number of nitrogens with one attached hydrogen (secondary N) is 1. The van der Waals surface area contributed by atoms with Crippen LogP contribution in [0, 0.1) is 0 Å². The maximum atomic E-state index is 12.5. The summed E-state index contributed by atoms with van der Waals surface area (Å²) in [6.45, 7) is 2.47. The van der Waals surface area contributed by atoms with Gasteiger partial charge in [0.15, 0.2) is 0 Å². The lowest BCUT2D eigenvalue weighted by Crippen LogP contribution is -2.51. The van der Waals surface area contributed by atoms with Gasteiger partial charge in [-0.05, 0) is 18.4 Å². The first-order valence-corrected chi connectivity index (χ1v) is 9.67. The summed E-state index contributed by atoms with van der Waals surface area (Å²) >= 11 is 0. The predicted octanol–water partition coefficient (Wildman–Crippen LogP) is 0.413. The smallest absolute Gasteiger partial charge is 0.234 e. The quantitative estimate of drug-likeness (QED) is 0.816. The Hall–Kier alpha value is -1.44. The Morgan fingerprint density at radius 3 is 2.35 bits per heavy atom. The first kappa shape index (κ1) is 16.4. The average molecular weight is 337 g/mol. The summed E-state index contributed by atoms with van der Waals surface area (Å²) in [5.74, 6) is 0.0869. The highest BCUT2D eigenvalue weighted by Gasteiger charge is 2.29. The third-order valence-electron chi connectivity index (χ3n) is 4.23. The number of piperazine rings is 1. The van der Waals surface area contributed by atoms with Crippen LogP contribution in [0.3, 0.4) is 0 Å². The summed E-state index contributed by atoms with van der Waals surface area (Å²) in [7, 11) is -3.29. The zero-order valence-electron chi connectivity index (χ0n) is 13.1. The van der Waals surface area contributed by atoms with Crippen LogP contribution in [0.4, 0.5) is 0 Å². The molecule has 1 aromatic carbocycles. The molecule has 0 spiro atoms. The lowest BCUT2D eigenvalue weighted by molar-refractivity contribution is -0.122. The molecule has 2 fully saturated rings. The van der Waals surface area contributed by atoms with Crippen LogP contribution < -0.4 is 5.32 Å². The maximum Gasteiger partial charge on any atom is 0.234 e. The fourth-order valence-electron chi connectivity index (χ4n) is 2.75. The molecule has 1 aliphatic heterocycles. The van der Waals surface area contributed by atoms with Gasteiger partial charge in [0.05, 0.1) is 12.3 Å². The number of rotatable bonds is 6. The minimum Gasteiger partial charge on any atom is -0.352 e. The molecular weight excluding hydrogens is 314 g/mol. The minimum atomic E-state index is -3.29. The molecule has 7 heteroatoms. The number of hydrogen-bond acceptors (Lipinski definition) is 4. The number of carbonyl (C=O) groups excluding carboxylic acids is 1. The maximum absolute atomic E-state index is 12.5. The molecule has 0 bridgehead atoms. The van der Waals surface area contributed by atoms with Crippen LogP contribution in [0.25, 0.3) is 0 Å². The van der Waals surface area contributed by atoms with Crippen molar-refractivity contribution in [1.29, 1.82) is 0 Å². The largest absolute Gasteiger partial charge is 0.352 e. The second-order valence-corrected chi connectivity index (χ2v) is 8.23. The summed E-state index contributed by atoms with van der Waals surface area (Å²) in [4.78, 5) is 13.8. The second kappa shape index (κ2) is 6.98. The van der Waals surface area contributed by atoms with Gasteiger partial charge in [-0.15, -0.1) is 0 Å². The molecule has 0 unspecified atom stereocenters. The van der Waals surface area contributed by atoms with Crippen LogP contribution in [-0.2, 0) is 20.6 Å². The molecule has 0 atom stereocenters. The molecule has 2 aliphatic rings. The van der Waals surface area contributed by atoms with Crippen molar-refractivity contribution in [3.63, 3.8) is 0 Å². The zero-order valence-corrected chi connectivity index (χ0v) is 14.0. The number of hydrogen-bond donors (Lipinski definition) is 1. The van der Waals surface area contributed by atoms with E-state index < -0.39 is 10.0 Å². The van der Waals surface area contributed by atoms with Gasteiger partial charge in [0, 0.05) is 32.2 Å². The Bertz CT molecular complexity index is 636. The van der Waals surface area contributed by atoms with Gasteiger partial charge in [-0.25, -0.2) is 8.42 Å². The molecule has 3 rings (SSSR count). The summed E-state index contributed by atoms with van der Waals surface area (Å²) in [6.07, 6.45) is 2.16. The van der Waals surface area contributed by atoms with Gasteiger partial charge < -0.3 is 5.32 Å². The lowest BCUT2D eigenvalue weighted by Gasteiger charge is -2.33. The third-order valence-corrected chi connectivity index (χ3v) is 6.08. The van der Waals surface area contributed by atoms with Gasteiger partial charge in [0.1, 0.15) is 0 Å². The van der Waals surface area contributed by atoms with Gasteiger partial charge in [0.25, 0.3) is 0 Å². The van der Waals surface area contributed by atoms with Crippen LogP contribution in [0.1, 0.15) is 18.4 Å². The van der Waals surface area contributed by atoms with E-state index in [1.807, 2.05) is 35.2 Å².